The summed E-state index contributed by atoms with van der Waals surface area (Å²) in [6, 6.07) is 10.3. The largest absolute Gasteiger partial charge is 0.497 e. The first kappa shape index (κ1) is 24.0. The smallest absolute Gasteiger partial charge is 0.237 e. The topological polar surface area (TPSA) is 62.3 Å². The van der Waals surface area contributed by atoms with Gasteiger partial charge in [-0.1, -0.05) is 0 Å². The second-order valence-electron chi connectivity index (χ2n) is 8.84. The van der Waals surface area contributed by atoms with E-state index >= 15 is 0 Å². The highest BCUT2D eigenvalue weighted by Crippen LogP contribution is 2.39. The Morgan fingerprint density at radius 2 is 1.76 bits per heavy atom. The Hall–Kier alpha value is -3.13. The molecular formula is C26H32FN3O4. The number of hydrogen-bond donors (Lipinski definition) is 0. The molecule has 0 radical (unpaired) electrons. The molecule has 1 atom stereocenters. The third kappa shape index (κ3) is 5.01. The molecule has 34 heavy (non-hydrogen) atoms. The zero-order valence-corrected chi connectivity index (χ0v) is 20.1. The van der Waals surface area contributed by atoms with Crippen molar-refractivity contribution in [1.82, 2.24) is 9.80 Å². The van der Waals surface area contributed by atoms with E-state index in [2.05, 4.69) is 4.90 Å². The van der Waals surface area contributed by atoms with Crippen molar-refractivity contribution in [2.75, 3.05) is 58.4 Å². The Morgan fingerprint density at radius 3 is 2.41 bits per heavy atom. The lowest BCUT2D eigenvalue weighted by Gasteiger charge is -2.37. The number of ketones is 1. The second-order valence-corrected chi connectivity index (χ2v) is 8.84. The van der Waals surface area contributed by atoms with E-state index < -0.39 is 0 Å². The molecule has 7 nitrogen and oxygen atoms in total. The van der Waals surface area contributed by atoms with Crippen molar-refractivity contribution in [3.8, 4) is 11.5 Å². The van der Waals surface area contributed by atoms with E-state index in [9.17, 15) is 14.0 Å². The van der Waals surface area contributed by atoms with E-state index in [0.29, 0.717) is 44.0 Å². The van der Waals surface area contributed by atoms with Gasteiger partial charge in [0.15, 0.2) is 5.78 Å². The molecule has 2 aliphatic rings. The highest BCUT2D eigenvalue weighted by Gasteiger charge is 2.33. The first-order valence-electron chi connectivity index (χ1n) is 11.7. The van der Waals surface area contributed by atoms with Crippen LogP contribution < -0.4 is 14.4 Å². The zero-order valence-electron chi connectivity index (χ0n) is 20.1. The minimum atomic E-state index is -0.385. The van der Waals surface area contributed by atoms with Crippen molar-refractivity contribution >= 4 is 17.4 Å². The maximum Gasteiger partial charge on any atom is 0.237 e. The number of benzene rings is 2. The fourth-order valence-corrected chi connectivity index (χ4v) is 4.90. The summed E-state index contributed by atoms with van der Waals surface area (Å²) in [6.45, 7) is 5.06. The first-order chi connectivity index (χ1) is 16.4. The lowest BCUT2D eigenvalue weighted by atomic mass is 10.0. The molecule has 2 aliphatic heterocycles. The lowest BCUT2D eigenvalue weighted by Crippen LogP contribution is -2.50. The van der Waals surface area contributed by atoms with Gasteiger partial charge in [0, 0.05) is 43.9 Å². The normalized spacial score (nSPS) is 18.8. The fraction of sp³-hybridized carbons (Fsp3) is 0.462. The summed E-state index contributed by atoms with van der Waals surface area (Å²) in [5, 5.41) is 0. The van der Waals surface area contributed by atoms with Crippen molar-refractivity contribution in [1.29, 1.82) is 0 Å². The molecule has 0 aromatic heterocycles. The number of hydrogen-bond acceptors (Lipinski definition) is 6. The van der Waals surface area contributed by atoms with Crippen LogP contribution in [0.25, 0.3) is 0 Å². The van der Waals surface area contributed by atoms with E-state index in [0.717, 1.165) is 36.4 Å². The monoisotopic (exact) mass is 469 g/mol. The Kier molecular flexibility index (Phi) is 7.36. The van der Waals surface area contributed by atoms with Gasteiger partial charge in [0.05, 0.1) is 32.5 Å². The maximum atomic E-state index is 14.5. The average Bonchev–Trinajstić information content (AvgIpc) is 3.34. The van der Waals surface area contributed by atoms with E-state index in [1.807, 2.05) is 28.0 Å². The Balaban J connectivity index is 1.38. The van der Waals surface area contributed by atoms with E-state index in [4.69, 9.17) is 9.47 Å². The maximum absolute atomic E-state index is 14.5. The number of ether oxygens (including phenoxy) is 2. The molecule has 2 aromatic carbocycles. The minimum absolute atomic E-state index is 0.0345. The second kappa shape index (κ2) is 10.4. The average molecular weight is 470 g/mol. The summed E-state index contributed by atoms with van der Waals surface area (Å²) >= 11 is 0. The summed E-state index contributed by atoms with van der Waals surface area (Å²) in [4.78, 5) is 30.8. The van der Waals surface area contributed by atoms with Gasteiger partial charge in [-0.05, 0) is 56.2 Å². The Labute approximate surface area is 200 Å². The van der Waals surface area contributed by atoms with Gasteiger partial charge >= 0.3 is 0 Å². The zero-order chi connectivity index (χ0) is 24.2. The van der Waals surface area contributed by atoms with Gasteiger partial charge in [0.1, 0.15) is 17.3 Å². The molecule has 182 valence electrons. The molecule has 8 heteroatoms. The number of nitrogens with zero attached hydrogens (tertiary/aromatic N) is 3. The van der Waals surface area contributed by atoms with Gasteiger partial charge in [-0.3, -0.25) is 14.5 Å². The molecule has 4 rings (SSSR count). The van der Waals surface area contributed by atoms with Gasteiger partial charge in [-0.2, -0.15) is 0 Å². The van der Waals surface area contributed by atoms with E-state index in [1.165, 1.54) is 13.0 Å². The summed E-state index contributed by atoms with van der Waals surface area (Å²) in [5.74, 6) is 1.06. The summed E-state index contributed by atoms with van der Waals surface area (Å²) in [6.07, 6.45) is 1.83. The molecule has 0 unspecified atom stereocenters. The van der Waals surface area contributed by atoms with Crippen LogP contribution in [0.5, 0.6) is 11.5 Å². The van der Waals surface area contributed by atoms with Gasteiger partial charge in [0.25, 0.3) is 0 Å². The molecule has 0 bridgehead atoms. The number of likely N-dealkylation sites (tertiary alicyclic amines) is 1. The highest BCUT2D eigenvalue weighted by atomic mass is 19.1. The lowest BCUT2D eigenvalue weighted by molar-refractivity contribution is -0.133. The van der Waals surface area contributed by atoms with Crippen LogP contribution in [0, 0.1) is 5.82 Å². The van der Waals surface area contributed by atoms with Crippen molar-refractivity contribution < 1.29 is 23.5 Å². The van der Waals surface area contributed by atoms with Crippen LogP contribution >= 0.6 is 0 Å². The third-order valence-electron chi connectivity index (χ3n) is 6.80. The molecule has 0 spiro atoms. The number of rotatable bonds is 7. The first-order valence-corrected chi connectivity index (χ1v) is 11.7. The van der Waals surface area contributed by atoms with Crippen molar-refractivity contribution in [3.05, 3.63) is 53.3 Å². The molecule has 2 fully saturated rings. The quantitative estimate of drug-likeness (QED) is 0.578. The number of amides is 1. The SMILES string of the molecule is COc1ccc(OC)c([C@H]2CCCN2C(=O)CN2CCN(c3ccc(C(C)=O)cc3F)CC2)c1. The van der Waals surface area contributed by atoms with Crippen LogP contribution in [-0.2, 0) is 4.79 Å². The number of Topliss-reactive ketones (excluding diaryl/α,β-unsaturated/α-hetero) is 1. The molecule has 2 aromatic rings. The predicted octanol–water partition coefficient (Wildman–Crippen LogP) is 3.53. The van der Waals surface area contributed by atoms with Crippen LogP contribution in [-0.4, -0.2) is 75.0 Å². The molecule has 1 amide bonds. The van der Waals surface area contributed by atoms with Gasteiger partial charge in [0.2, 0.25) is 5.91 Å². The number of halogens is 1. The predicted molar refractivity (Wildman–Crippen MR) is 128 cm³/mol. The van der Waals surface area contributed by atoms with Crippen LogP contribution in [0.2, 0.25) is 0 Å². The van der Waals surface area contributed by atoms with Crippen LogP contribution in [0.15, 0.2) is 36.4 Å². The molecule has 0 N–H and O–H groups in total. The standard InChI is InChI=1S/C26H32FN3O4/c1-18(31)19-6-8-24(22(27)15-19)29-13-11-28(12-14-29)17-26(32)30-10-4-5-23(30)21-16-20(33-2)7-9-25(21)34-3/h6-9,15-16,23H,4-5,10-14,17H2,1-3H3/t23-/m1/s1. The number of carbonyl (C=O) groups is 2. The van der Waals surface area contributed by atoms with Crippen LogP contribution in [0.3, 0.4) is 0 Å². The summed E-state index contributed by atoms with van der Waals surface area (Å²) < 4.78 is 25.5. The summed E-state index contributed by atoms with van der Waals surface area (Å²) in [7, 11) is 3.27. The van der Waals surface area contributed by atoms with E-state index in [1.54, 1.807) is 26.4 Å². The Bertz CT molecular complexity index is 1050. The number of carbonyl (C=O) groups excluding carboxylic acids is 2. The molecule has 2 heterocycles. The fourth-order valence-electron chi connectivity index (χ4n) is 4.90. The summed E-state index contributed by atoms with van der Waals surface area (Å²) in [5.41, 5.74) is 1.85. The minimum Gasteiger partial charge on any atom is -0.497 e. The van der Waals surface area contributed by atoms with Gasteiger partial charge < -0.3 is 19.3 Å². The van der Waals surface area contributed by atoms with Crippen molar-refractivity contribution in [2.45, 2.75) is 25.8 Å². The molecule has 0 aliphatic carbocycles. The van der Waals surface area contributed by atoms with Gasteiger partial charge in [-0.25, -0.2) is 4.39 Å². The number of methoxy groups -OCH3 is 2. The number of piperazine rings is 1. The molecule has 0 saturated carbocycles. The Morgan fingerprint density at radius 1 is 1.00 bits per heavy atom. The van der Waals surface area contributed by atoms with Crippen molar-refractivity contribution in [2.24, 2.45) is 0 Å². The van der Waals surface area contributed by atoms with Crippen LogP contribution in [0.4, 0.5) is 10.1 Å². The number of anilines is 1. The molecular weight excluding hydrogens is 437 g/mol. The van der Waals surface area contributed by atoms with Crippen molar-refractivity contribution in [3.63, 3.8) is 0 Å². The third-order valence-corrected chi connectivity index (χ3v) is 6.80. The van der Waals surface area contributed by atoms with Gasteiger partial charge in [-0.15, -0.1) is 0 Å². The van der Waals surface area contributed by atoms with E-state index in [-0.39, 0.29) is 23.5 Å². The highest BCUT2D eigenvalue weighted by molar-refractivity contribution is 5.94. The van der Waals surface area contributed by atoms with Crippen LogP contribution in [0.1, 0.15) is 41.7 Å². The molecule has 2 saturated heterocycles.